The third-order valence-corrected chi connectivity index (χ3v) is 6.12. The molecule has 1 fully saturated rings. The van der Waals surface area contributed by atoms with E-state index in [9.17, 15) is 4.79 Å². The summed E-state index contributed by atoms with van der Waals surface area (Å²) in [4.78, 5) is 14.3. The van der Waals surface area contributed by atoms with Crippen molar-refractivity contribution in [2.75, 3.05) is 25.5 Å². The second-order valence-corrected chi connectivity index (χ2v) is 8.20. The van der Waals surface area contributed by atoms with Crippen molar-refractivity contribution in [3.8, 4) is 0 Å². The van der Waals surface area contributed by atoms with E-state index in [-0.39, 0.29) is 5.91 Å². The van der Waals surface area contributed by atoms with Crippen molar-refractivity contribution in [2.45, 2.75) is 23.2 Å². The van der Waals surface area contributed by atoms with Crippen LogP contribution in [0.15, 0.2) is 64.0 Å². The molecule has 3 rings (SSSR count). The number of carbonyl (C=O) groups excluding carboxylic acids is 1. The molecule has 1 saturated heterocycles. The molecular formula is C20H22BrNO2S. The molecule has 5 heteroatoms. The molecule has 0 unspecified atom stereocenters. The molecule has 132 valence electrons. The second-order valence-electron chi connectivity index (χ2n) is 6.12. The molecule has 1 aliphatic heterocycles. The van der Waals surface area contributed by atoms with Gasteiger partial charge in [-0.3, -0.25) is 4.79 Å². The Balaban J connectivity index is 1.62. The van der Waals surface area contributed by atoms with Gasteiger partial charge < -0.3 is 10.1 Å². The van der Waals surface area contributed by atoms with Crippen LogP contribution in [0.1, 0.15) is 18.4 Å². The first kappa shape index (κ1) is 18.5. The number of hydrogen-bond donors (Lipinski definition) is 1. The van der Waals surface area contributed by atoms with E-state index in [2.05, 4.69) is 33.4 Å². The number of amides is 1. The molecule has 0 aliphatic carbocycles. The molecule has 1 N–H and O–H groups in total. The van der Waals surface area contributed by atoms with E-state index in [4.69, 9.17) is 4.74 Å². The first-order chi connectivity index (χ1) is 12.2. The summed E-state index contributed by atoms with van der Waals surface area (Å²) in [6.07, 6.45) is 1.46. The van der Waals surface area contributed by atoms with Gasteiger partial charge in [0, 0.05) is 34.9 Å². The minimum Gasteiger partial charge on any atom is -0.381 e. The van der Waals surface area contributed by atoms with E-state index in [0.717, 1.165) is 28.6 Å². The van der Waals surface area contributed by atoms with Gasteiger partial charge in [0.2, 0.25) is 5.91 Å². The molecule has 0 bridgehead atoms. The molecule has 2 aromatic carbocycles. The van der Waals surface area contributed by atoms with Crippen LogP contribution >= 0.6 is 27.7 Å². The Labute approximate surface area is 161 Å². The van der Waals surface area contributed by atoms with Gasteiger partial charge in [-0.15, -0.1) is 11.8 Å². The first-order valence-electron chi connectivity index (χ1n) is 8.51. The normalized spacial score (nSPS) is 16.4. The van der Waals surface area contributed by atoms with Crippen LogP contribution in [0.4, 0.5) is 0 Å². The standard InChI is InChI=1S/C20H22BrNO2S/c21-17-8-6-16(7-9-17)20(10-13-24-14-11-20)19(23)22-12-15-25-18-4-2-1-3-5-18/h1-9H,10-15H2,(H,22,23). The fourth-order valence-electron chi connectivity index (χ4n) is 3.15. The summed E-state index contributed by atoms with van der Waals surface area (Å²) in [7, 11) is 0. The summed E-state index contributed by atoms with van der Waals surface area (Å²) < 4.78 is 6.54. The smallest absolute Gasteiger partial charge is 0.230 e. The maximum atomic E-state index is 13.0. The largest absolute Gasteiger partial charge is 0.381 e. The van der Waals surface area contributed by atoms with Crippen LogP contribution in [0.2, 0.25) is 0 Å². The Kier molecular flexibility index (Phi) is 6.57. The van der Waals surface area contributed by atoms with Gasteiger partial charge in [0.25, 0.3) is 0 Å². The number of ether oxygens (including phenoxy) is 1. The number of nitrogens with one attached hydrogen (secondary N) is 1. The predicted molar refractivity (Wildman–Crippen MR) is 106 cm³/mol. The van der Waals surface area contributed by atoms with Gasteiger partial charge in [-0.2, -0.15) is 0 Å². The molecule has 3 nitrogen and oxygen atoms in total. The highest BCUT2D eigenvalue weighted by molar-refractivity contribution is 9.10. The molecule has 0 saturated carbocycles. The third kappa shape index (κ3) is 4.66. The lowest BCUT2D eigenvalue weighted by Crippen LogP contribution is -2.48. The van der Waals surface area contributed by atoms with Crippen LogP contribution in [0.5, 0.6) is 0 Å². The number of thioether (sulfide) groups is 1. The Morgan fingerprint density at radius 2 is 1.76 bits per heavy atom. The van der Waals surface area contributed by atoms with E-state index < -0.39 is 5.41 Å². The number of rotatable bonds is 6. The van der Waals surface area contributed by atoms with E-state index >= 15 is 0 Å². The van der Waals surface area contributed by atoms with Crippen molar-refractivity contribution >= 4 is 33.6 Å². The van der Waals surface area contributed by atoms with Crippen molar-refractivity contribution in [1.29, 1.82) is 0 Å². The molecule has 0 radical (unpaired) electrons. The number of hydrogen-bond acceptors (Lipinski definition) is 3. The maximum absolute atomic E-state index is 13.0. The zero-order valence-electron chi connectivity index (χ0n) is 14.0. The van der Waals surface area contributed by atoms with Crippen LogP contribution < -0.4 is 5.32 Å². The predicted octanol–water partition coefficient (Wildman–Crippen LogP) is 4.41. The summed E-state index contributed by atoms with van der Waals surface area (Å²) in [5, 5.41) is 3.15. The molecule has 0 aromatic heterocycles. The summed E-state index contributed by atoms with van der Waals surface area (Å²) in [5.74, 6) is 0.981. The van der Waals surface area contributed by atoms with Gasteiger partial charge in [-0.1, -0.05) is 46.3 Å². The molecule has 1 aliphatic rings. The molecular weight excluding hydrogens is 398 g/mol. The molecule has 2 aromatic rings. The second kappa shape index (κ2) is 8.88. The molecule has 1 amide bonds. The first-order valence-corrected chi connectivity index (χ1v) is 10.3. The minimum atomic E-state index is -0.476. The summed E-state index contributed by atoms with van der Waals surface area (Å²) >= 11 is 5.23. The summed E-state index contributed by atoms with van der Waals surface area (Å²) in [6.45, 7) is 1.92. The van der Waals surface area contributed by atoms with Crippen molar-refractivity contribution in [2.24, 2.45) is 0 Å². The van der Waals surface area contributed by atoms with E-state index in [1.165, 1.54) is 4.90 Å². The lowest BCUT2D eigenvalue weighted by Gasteiger charge is -2.36. The fourth-order valence-corrected chi connectivity index (χ4v) is 4.21. The van der Waals surface area contributed by atoms with E-state index in [1.54, 1.807) is 11.8 Å². The highest BCUT2D eigenvalue weighted by Crippen LogP contribution is 2.35. The molecule has 25 heavy (non-hydrogen) atoms. The average Bonchev–Trinajstić information content (AvgIpc) is 2.67. The Bertz CT molecular complexity index is 685. The van der Waals surface area contributed by atoms with Crippen LogP contribution in [0.25, 0.3) is 0 Å². The fraction of sp³-hybridized carbons (Fsp3) is 0.350. The third-order valence-electron chi connectivity index (χ3n) is 4.58. The summed E-state index contributed by atoms with van der Waals surface area (Å²) in [6, 6.07) is 18.4. The van der Waals surface area contributed by atoms with Crippen LogP contribution in [-0.2, 0) is 14.9 Å². The number of carbonyl (C=O) groups is 1. The quantitative estimate of drug-likeness (QED) is 0.556. The Morgan fingerprint density at radius 3 is 2.44 bits per heavy atom. The topological polar surface area (TPSA) is 38.3 Å². The number of benzene rings is 2. The van der Waals surface area contributed by atoms with Gasteiger partial charge in [0.05, 0.1) is 5.41 Å². The van der Waals surface area contributed by atoms with Crippen molar-refractivity contribution < 1.29 is 9.53 Å². The zero-order valence-corrected chi connectivity index (χ0v) is 16.4. The van der Waals surface area contributed by atoms with Crippen molar-refractivity contribution in [3.63, 3.8) is 0 Å². The number of halogens is 1. The zero-order chi connectivity index (χ0) is 17.5. The molecule has 1 heterocycles. The average molecular weight is 420 g/mol. The highest BCUT2D eigenvalue weighted by Gasteiger charge is 2.41. The monoisotopic (exact) mass is 419 g/mol. The lowest BCUT2D eigenvalue weighted by molar-refractivity contribution is -0.130. The van der Waals surface area contributed by atoms with Gasteiger partial charge in [0.15, 0.2) is 0 Å². The van der Waals surface area contributed by atoms with E-state index in [1.807, 2.05) is 42.5 Å². The Morgan fingerprint density at radius 1 is 1.08 bits per heavy atom. The van der Waals surface area contributed by atoms with E-state index in [0.29, 0.717) is 19.8 Å². The maximum Gasteiger partial charge on any atom is 0.230 e. The molecule has 0 atom stereocenters. The Hall–Kier alpha value is -1.30. The van der Waals surface area contributed by atoms with Crippen molar-refractivity contribution in [3.05, 3.63) is 64.6 Å². The van der Waals surface area contributed by atoms with Crippen LogP contribution in [0.3, 0.4) is 0 Å². The minimum absolute atomic E-state index is 0.117. The van der Waals surface area contributed by atoms with Gasteiger partial charge in [-0.05, 0) is 42.7 Å². The van der Waals surface area contributed by atoms with Gasteiger partial charge >= 0.3 is 0 Å². The lowest BCUT2D eigenvalue weighted by atomic mass is 9.73. The summed E-state index contributed by atoms with van der Waals surface area (Å²) in [5.41, 5.74) is 0.600. The van der Waals surface area contributed by atoms with Gasteiger partial charge in [0.1, 0.15) is 0 Å². The molecule has 0 spiro atoms. The van der Waals surface area contributed by atoms with Crippen molar-refractivity contribution in [1.82, 2.24) is 5.32 Å². The highest BCUT2D eigenvalue weighted by atomic mass is 79.9. The van der Waals surface area contributed by atoms with Gasteiger partial charge in [-0.25, -0.2) is 0 Å². The van der Waals surface area contributed by atoms with Crippen LogP contribution in [-0.4, -0.2) is 31.4 Å². The van der Waals surface area contributed by atoms with Crippen LogP contribution in [0, 0.1) is 0 Å². The SMILES string of the molecule is O=C(NCCSc1ccccc1)C1(c2ccc(Br)cc2)CCOCC1.